The van der Waals surface area contributed by atoms with E-state index in [2.05, 4.69) is 4.90 Å². The van der Waals surface area contributed by atoms with Crippen LogP contribution < -0.4 is 10.6 Å². The number of carbonyl (C=O) groups is 4. The zero-order valence-corrected chi connectivity index (χ0v) is 18.7. The monoisotopic (exact) mass is 492 g/mol. The van der Waals surface area contributed by atoms with Crippen molar-refractivity contribution >= 4 is 29.2 Å². The van der Waals surface area contributed by atoms with Crippen molar-refractivity contribution in [1.29, 1.82) is 0 Å². The van der Waals surface area contributed by atoms with E-state index in [4.69, 9.17) is 20.4 Å². The highest BCUT2D eigenvalue weighted by Gasteiger charge is 2.38. The second kappa shape index (κ2) is 10.3. The normalized spacial score (nSPS) is 16.4. The van der Waals surface area contributed by atoms with Gasteiger partial charge in [0.15, 0.2) is 11.6 Å². The minimum absolute atomic E-state index is 0.118. The number of nitrogens with zero attached hydrogens (tertiary/aromatic N) is 1. The predicted molar refractivity (Wildman–Crippen MR) is 118 cm³/mol. The van der Waals surface area contributed by atoms with E-state index in [0.717, 1.165) is 5.69 Å². The summed E-state index contributed by atoms with van der Waals surface area (Å²) >= 11 is 0. The Labute approximate surface area is 198 Å². The molecule has 1 heterocycles. The molecule has 0 radical (unpaired) electrons. The van der Waals surface area contributed by atoms with E-state index in [1.54, 1.807) is 37.3 Å². The molecular formula is C24H23F3N2O6. The summed E-state index contributed by atoms with van der Waals surface area (Å²) in [6.45, 7) is 2.88. The van der Waals surface area contributed by atoms with E-state index >= 15 is 0 Å². The number of nitrogens with two attached hydrogens (primary N) is 1. The van der Waals surface area contributed by atoms with Crippen molar-refractivity contribution in [2.45, 2.75) is 38.1 Å². The SMILES string of the molecule is C[C@H](N)C(=O)OC1CCN(c2cccc3c2C(=O)c2ccccc2C3=O)CC1.O=C(O)C(F)(F)F. The average molecular weight is 492 g/mol. The lowest BCUT2D eigenvalue weighted by Gasteiger charge is -2.35. The second-order valence-corrected chi connectivity index (χ2v) is 8.12. The summed E-state index contributed by atoms with van der Waals surface area (Å²) < 4.78 is 37.2. The Balaban J connectivity index is 0.000000429. The number of hydrogen-bond acceptors (Lipinski definition) is 7. The van der Waals surface area contributed by atoms with Crippen molar-refractivity contribution in [2.75, 3.05) is 18.0 Å². The predicted octanol–water partition coefficient (Wildman–Crippen LogP) is 2.95. The molecule has 1 atom stereocenters. The first-order valence-electron chi connectivity index (χ1n) is 10.7. The lowest BCUT2D eigenvalue weighted by atomic mass is 9.83. The maximum Gasteiger partial charge on any atom is 0.490 e. The van der Waals surface area contributed by atoms with Crippen LogP contribution in [0.5, 0.6) is 0 Å². The van der Waals surface area contributed by atoms with E-state index < -0.39 is 24.2 Å². The first-order chi connectivity index (χ1) is 16.4. The molecule has 3 N–H and O–H groups in total. The molecule has 11 heteroatoms. The number of anilines is 1. The fourth-order valence-corrected chi connectivity index (χ4v) is 3.88. The zero-order chi connectivity index (χ0) is 25.9. The first kappa shape index (κ1) is 25.9. The second-order valence-electron chi connectivity index (χ2n) is 8.12. The van der Waals surface area contributed by atoms with Crippen LogP contribution in [0.3, 0.4) is 0 Å². The highest BCUT2D eigenvalue weighted by Crippen LogP contribution is 2.35. The van der Waals surface area contributed by atoms with Crippen molar-refractivity contribution < 1.29 is 42.2 Å². The van der Waals surface area contributed by atoms with Crippen molar-refractivity contribution in [3.05, 3.63) is 64.7 Å². The van der Waals surface area contributed by atoms with Crippen LogP contribution in [0, 0.1) is 0 Å². The van der Waals surface area contributed by atoms with Crippen molar-refractivity contribution in [1.82, 2.24) is 0 Å². The number of piperidine rings is 1. The van der Waals surface area contributed by atoms with Gasteiger partial charge in [-0.3, -0.25) is 14.4 Å². The summed E-state index contributed by atoms with van der Waals surface area (Å²) in [6, 6.07) is 11.7. The number of benzene rings is 2. The fourth-order valence-electron chi connectivity index (χ4n) is 3.88. The number of esters is 1. The van der Waals surface area contributed by atoms with Crippen molar-refractivity contribution in [3.63, 3.8) is 0 Å². The molecule has 1 fully saturated rings. The van der Waals surface area contributed by atoms with E-state index in [0.29, 0.717) is 48.2 Å². The number of carboxylic acids is 1. The number of ketones is 2. The Morgan fingerprint density at radius 3 is 2.03 bits per heavy atom. The van der Waals surface area contributed by atoms with Gasteiger partial charge in [-0.1, -0.05) is 36.4 Å². The molecule has 2 aliphatic rings. The van der Waals surface area contributed by atoms with E-state index in [9.17, 15) is 27.6 Å². The van der Waals surface area contributed by atoms with Crippen LogP contribution in [0.2, 0.25) is 0 Å². The van der Waals surface area contributed by atoms with Crippen LogP contribution in [0.4, 0.5) is 18.9 Å². The van der Waals surface area contributed by atoms with Crippen molar-refractivity contribution in [3.8, 4) is 0 Å². The number of hydrogen-bond donors (Lipinski definition) is 2. The fraction of sp³-hybridized carbons (Fsp3) is 0.333. The molecule has 1 saturated heterocycles. The third-order valence-electron chi connectivity index (χ3n) is 5.61. The van der Waals surface area contributed by atoms with Crippen molar-refractivity contribution in [2.24, 2.45) is 5.73 Å². The molecule has 35 heavy (non-hydrogen) atoms. The molecule has 0 aromatic heterocycles. The Kier molecular flexibility index (Phi) is 7.59. The first-order valence-corrected chi connectivity index (χ1v) is 10.7. The molecule has 186 valence electrons. The number of alkyl halides is 3. The Hall–Kier alpha value is -3.73. The van der Waals surface area contributed by atoms with Gasteiger partial charge in [0, 0.05) is 48.3 Å². The molecule has 0 bridgehead atoms. The Morgan fingerprint density at radius 1 is 1.00 bits per heavy atom. The van der Waals surface area contributed by atoms with E-state index in [1.165, 1.54) is 0 Å². The maximum atomic E-state index is 13.1. The van der Waals surface area contributed by atoms with Gasteiger partial charge in [-0.2, -0.15) is 13.2 Å². The Morgan fingerprint density at radius 2 is 1.51 bits per heavy atom. The minimum Gasteiger partial charge on any atom is -0.475 e. The van der Waals surface area contributed by atoms with Gasteiger partial charge < -0.3 is 20.5 Å². The summed E-state index contributed by atoms with van der Waals surface area (Å²) in [5.41, 5.74) is 8.16. The number of fused-ring (bicyclic) bond motifs is 2. The Bertz CT molecular complexity index is 1150. The van der Waals surface area contributed by atoms with E-state index in [-0.39, 0.29) is 17.7 Å². The number of halogens is 3. The average Bonchev–Trinajstić information content (AvgIpc) is 2.82. The van der Waals surface area contributed by atoms with Gasteiger partial charge in [0.2, 0.25) is 0 Å². The molecule has 0 unspecified atom stereocenters. The number of carboxylic acid groups (broad SMARTS) is 1. The summed E-state index contributed by atoms with van der Waals surface area (Å²) in [5.74, 6) is -3.39. The van der Waals surface area contributed by atoms with Gasteiger partial charge >= 0.3 is 18.1 Å². The van der Waals surface area contributed by atoms with Gasteiger partial charge in [-0.15, -0.1) is 0 Å². The maximum absolute atomic E-state index is 13.1. The summed E-state index contributed by atoms with van der Waals surface area (Å²) in [7, 11) is 0. The zero-order valence-electron chi connectivity index (χ0n) is 18.7. The molecule has 2 aromatic rings. The van der Waals surface area contributed by atoms with Gasteiger partial charge in [0.25, 0.3) is 0 Å². The van der Waals surface area contributed by atoms with Gasteiger partial charge in [0.1, 0.15) is 12.1 Å². The summed E-state index contributed by atoms with van der Waals surface area (Å²) in [5, 5.41) is 7.12. The molecular weight excluding hydrogens is 469 g/mol. The van der Waals surface area contributed by atoms with Crippen LogP contribution in [-0.2, 0) is 14.3 Å². The van der Waals surface area contributed by atoms with E-state index in [1.807, 2.05) is 12.1 Å². The minimum atomic E-state index is -5.08. The largest absolute Gasteiger partial charge is 0.490 e. The van der Waals surface area contributed by atoms with Crippen LogP contribution in [0.25, 0.3) is 0 Å². The van der Waals surface area contributed by atoms with Gasteiger partial charge in [-0.05, 0) is 13.0 Å². The number of rotatable bonds is 3. The van der Waals surface area contributed by atoms with Crippen LogP contribution in [0.1, 0.15) is 51.6 Å². The molecule has 0 amide bonds. The quantitative estimate of drug-likeness (QED) is 0.535. The molecule has 8 nitrogen and oxygen atoms in total. The number of ether oxygens (including phenoxy) is 1. The number of carbonyl (C=O) groups excluding carboxylic acids is 3. The van der Waals surface area contributed by atoms with Gasteiger partial charge in [-0.25, -0.2) is 4.79 Å². The standard InChI is InChI=1S/C22H22N2O4.C2HF3O2/c1-13(23)22(27)28-14-9-11-24(12-10-14)18-8-4-7-17-19(18)21(26)16-6-3-2-5-15(16)20(17)25;3-2(4,5)1(6)7/h2-8,13-14H,9-12,23H2,1H3;(H,6,7)/t13-;/m0./s1. The molecule has 1 aliphatic heterocycles. The highest BCUT2D eigenvalue weighted by molar-refractivity contribution is 6.30. The smallest absolute Gasteiger partial charge is 0.475 e. The molecule has 4 rings (SSSR count). The third-order valence-corrected chi connectivity index (χ3v) is 5.61. The molecule has 0 saturated carbocycles. The van der Waals surface area contributed by atoms with Crippen LogP contribution in [0.15, 0.2) is 42.5 Å². The van der Waals surface area contributed by atoms with Crippen LogP contribution >= 0.6 is 0 Å². The summed E-state index contributed by atoms with van der Waals surface area (Å²) in [6.07, 6.45) is -3.95. The summed E-state index contributed by atoms with van der Waals surface area (Å²) in [4.78, 5) is 48.7. The highest BCUT2D eigenvalue weighted by atomic mass is 19.4. The topological polar surface area (TPSA) is 127 Å². The van der Waals surface area contributed by atoms with Crippen LogP contribution in [-0.4, -0.2) is 60.0 Å². The molecule has 2 aromatic carbocycles. The lowest BCUT2D eigenvalue weighted by molar-refractivity contribution is -0.192. The molecule has 1 aliphatic carbocycles. The lowest BCUT2D eigenvalue weighted by Crippen LogP contribution is -2.41. The molecule has 0 spiro atoms. The number of aliphatic carboxylic acids is 1. The third kappa shape index (κ3) is 5.68. The van der Waals surface area contributed by atoms with Gasteiger partial charge in [0.05, 0.1) is 5.56 Å².